The van der Waals surface area contributed by atoms with Gasteiger partial charge in [-0.05, 0) is 125 Å². The van der Waals surface area contributed by atoms with Crippen molar-refractivity contribution in [2.24, 2.45) is 0 Å². The molecule has 1 heterocycles. The molecule has 0 aliphatic heterocycles. The number of aryl methyl sites for hydroxylation is 3. The summed E-state index contributed by atoms with van der Waals surface area (Å²) in [6.45, 7) is 12.8. The number of para-hydroxylation sites is 1. The molecule has 13 aromatic rings. The van der Waals surface area contributed by atoms with Crippen molar-refractivity contribution in [3.8, 4) is 50.2 Å². The quantitative estimate of drug-likeness (QED) is 0.162. The van der Waals surface area contributed by atoms with E-state index >= 15 is 0 Å². The number of benzene rings is 12. The average molecular weight is 1010 g/mol. The van der Waals surface area contributed by atoms with E-state index in [1.165, 1.54) is 116 Å². The van der Waals surface area contributed by atoms with Gasteiger partial charge < -0.3 is 4.57 Å². The van der Waals surface area contributed by atoms with Gasteiger partial charge in [-0.3, -0.25) is 0 Å². The third kappa shape index (κ3) is 11.0. The highest BCUT2D eigenvalue weighted by atomic mass is 15.0. The highest BCUT2D eigenvalue weighted by molar-refractivity contribution is 6.11. The van der Waals surface area contributed by atoms with Crippen molar-refractivity contribution in [1.82, 2.24) is 4.57 Å². The molecule has 0 bridgehead atoms. The SMILES string of the molecule is CC.Cc1ccc(-c2cccc(-c3ccc4c(c3)c3ccccc3n4-c3cccc4ccccc34)c2)cc1.Cc1ccc(-c2ccccc2)cc1.Cc1ccc2c(c1)C(C)(c1ccccc1)c1ccccc1-2.c1ccccc1. The zero-order chi connectivity index (χ0) is 53.8. The summed E-state index contributed by atoms with van der Waals surface area (Å²) >= 11 is 0. The van der Waals surface area contributed by atoms with Gasteiger partial charge in [-0.15, -0.1) is 0 Å². The molecule has 0 saturated carbocycles. The average Bonchev–Trinajstić information content (AvgIpc) is 4.21. The fraction of sp³-hybridized carbons (Fsp3) is 0.0909. The van der Waals surface area contributed by atoms with Gasteiger partial charge >= 0.3 is 0 Å². The maximum Gasteiger partial charge on any atom is 0.0541 e. The fourth-order valence-electron chi connectivity index (χ4n) is 10.9. The Balaban J connectivity index is 0.000000137. The van der Waals surface area contributed by atoms with Gasteiger partial charge in [0.15, 0.2) is 0 Å². The highest BCUT2D eigenvalue weighted by Gasteiger charge is 2.40. The molecule has 1 aliphatic carbocycles. The van der Waals surface area contributed by atoms with E-state index in [-0.39, 0.29) is 5.41 Å². The van der Waals surface area contributed by atoms with Crippen LogP contribution in [-0.2, 0) is 5.41 Å². The molecule has 380 valence electrons. The third-order valence-electron chi connectivity index (χ3n) is 14.9. The van der Waals surface area contributed by atoms with Crippen molar-refractivity contribution >= 4 is 32.6 Å². The van der Waals surface area contributed by atoms with Crippen LogP contribution >= 0.6 is 0 Å². The number of fused-ring (bicyclic) bond motifs is 7. The second-order valence-corrected chi connectivity index (χ2v) is 20.0. The Bertz CT molecular complexity index is 4020. The van der Waals surface area contributed by atoms with Crippen LogP contribution in [-0.4, -0.2) is 4.57 Å². The van der Waals surface area contributed by atoms with Crippen LogP contribution < -0.4 is 0 Å². The maximum atomic E-state index is 2.42. The van der Waals surface area contributed by atoms with Gasteiger partial charge in [0.25, 0.3) is 0 Å². The Labute approximate surface area is 462 Å². The number of aromatic nitrogens is 1. The van der Waals surface area contributed by atoms with Crippen LogP contribution in [0.1, 0.15) is 54.2 Å². The van der Waals surface area contributed by atoms with Crippen LogP contribution in [0.25, 0.3) is 82.8 Å². The molecule has 0 radical (unpaired) electrons. The minimum absolute atomic E-state index is 0.0563. The van der Waals surface area contributed by atoms with Gasteiger partial charge in [0, 0.05) is 21.6 Å². The second kappa shape index (κ2) is 24.1. The first-order chi connectivity index (χ1) is 38.3. The van der Waals surface area contributed by atoms with Crippen molar-refractivity contribution in [1.29, 1.82) is 0 Å². The standard InChI is InChI=1S/C35H25N.C21H18.C13H12.C6H6.C2H6/c1-24-16-18-25(19-17-24)27-10-6-11-28(22-27)29-20-21-35-32(23-29)31-13-4-5-14-34(31)36(35)33-15-7-9-26-8-2-3-12-30(26)33;1-15-12-13-18-17-10-6-7-11-19(17)21(2,20(18)14-15)16-8-4-3-5-9-16;1-11-7-9-13(10-8-11)12-5-3-2-4-6-12;1-2-4-6-5-3-1;1-2/h2-23H,1H3;3-14H,1-2H3;2-10H,1H3;1-6H;1-2H3. The van der Waals surface area contributed by atoms with Crippen LogP contribution in [0.4, 0.5) is 0 Å². The summed E-state index contributed by atoms with van der Waals surface area (Å²) in [6.07, 6.45) is 0. The monoisotopic (exact) mass is 1010 g/mol. The van der Waals surface area contributed by atoms with Crippen LogP contribution in [0.3, 0.4) is 0 Å². The first-order valence-corrected chi connectivity index (χ1v) is 27.4. The molecule has 0 fully saturated rings. The molecule has 1 heteroatoms. The summed E-state index contributed by atoms with van der Waals surface area (Å²) in [4.78, 5) is 0. The first kappa shape index (κ1) is 52.2. The van der Waals surface area contributed by atoms with E-state index < -0.39 is 0 Å². The molecule has 0 saturated heterocycles. The molecule has 1 aliphatic rings. The molecule has 78 heavy (non-hydrogen) atoms. The third-order valence-corrected chi connectivity index (χ3v) is 14.9. The van der Waals surface area contributed by atoms with Crippen molar-refractivity contribution in [3.63, 3.8) is 0 Å². The van der Waals surface area contributed by atoms with E-state index in [9.17, 15) is 0 Å². The predicted octanol–water partition coefficient (Wildman–Crippen LogP) is 21.3. The Kier molecular flexibility index (Phi) is 16.1. The van der Waals surface area contributed by atoms with Crippen molar-refractivity contribution in [2.45, 2.75) is 47.0 Å². The molecule has 0 N–H and O–H groups in total. The molecule has 1 aromatic heterocycles. The molecule has 1 nitrogen and oxygen atoms in total. The Morgan fingerprint density at radius 3 is 1.40 bits per heavy atom. The molecule has 0 spiro atoms. The van der Waals surface area contributed by atoms with Gasteiger partial charge in [-0.2, -0.15) is 0 Å². The molecule has 12 aromatic carbocycles. The van der Waals surface area contributed by atoms with Gasteiger partial charge in [0.2, 0.25) is 0 Å². The lowest BCUT2D eigenvalue weighted by molar-refractivity contribution is 0.713. The molecule has 1 atom stereocenters. The minimum atomic E-state index is -0.0563. The molecular weight excluding hydrogens is 939 g/mol. The van der Waals surface area contributed by atoms with Crippen LogP contribution in [0.15, 0.2) is 297 Å². The van der Waals surface area contributed by atoms with E-state index in [4.69, 9.17) is 0 Å². The lowest BCUT2D eigenvalue weighted by Crippen LogP contribution is -2.22. The largest absolute Gasteiger partial charge is 0.309 e. The second-order valence-electron chi connectivity index (χ2n) is 20.0. The van der Waals surface area contributed by atoms with Crippen LogP contribution in [0.5, 0.6) is 0 Å². The zero-order valence-electron chi connectivity index (χ0n) is 45.7. The summed E-state index contributed by atoms with van der Waals surface area (Å²) in [5.41, 5.74) is 22.0. The summed E-state index contributed by atoms with van der Waals surface area (Å²) in [5.74, 6) is 0. The maximum absolute atomic E-state index is 2.42. The number of hydrogen-bond acceptors (Lipinski definition) is 0. The van der Waals surface area contributed by atoms with E-state index in [0.717, 1.165) is 0 Å². The van der Waals surface area contributed by atoms with Gasteiger partial charge in [-0.1, -0.05) is 297 Å². The topological polar surface area (TPSA) is 4.93 Å². The highest BCUT2D eigenvalue weighted by Crippen LogP contribution is 2.52. The fourth-order valence-corrected chi connectivity index (χ4v) is 10.9. The van der Waals surface area contributed by atoms with Gasteiger partial charge in [0.1, 0.15) is 0 Å². The minimum Gasteiger partial charge on any atom is -0.309 e. The summed E-state index contributed by atoms with van der Waals surface area (Å²) in [5, 5.41) is 5.07. The van der Waals surface area contributed by atoms with E-state index in [1.807, 2.05) is 56.3 Å². The molecular formula is C77H67N. The molecule has 1 unspecified atom stereocenters. The van der Waals surface area contributed by atoms with Gasteiger partial charge in [-0.25, -0.2) is 0 Å². The Morgan fingerprint density at radius 2 is 0.718 bits per heavy atom. The summed E-state index contributed by atoms with van der Waals surface area (Å²) < 4.78 is 2.42. The van der Waals surface area contributed by atoms with E-state index in [1.54, 1.807) is 0 Å². The van der Waals surface area contributed by atoms with Gasteiger partial charge in [0.05, 0.1) is 16.7 Å². The first-order valence-electron chi connectivity index (χ1n) is 27.4. The summed E-state index contributed by atoms with van der Waals surface area (Å²) in [6, 6.07) is 106. The van der Waals surface area contributed by atoms with Crippen LogP contribution in [0, 0.1) is 20.8 Å². The lowest BCUT2D eigenvalue weighted by atomic mass is 9.74. The number of hydrogen-bond donors (Lipinski definition) is 0. The number of nitrogens with zero attached hydrogens (tertiary/aromatic N) is 1. The zero-order valence-corrected chi connectivity index (χ0v) is 45.7. The Hall–Kier alpha value is -9.30. The normalized spacial score (nSPS) is 12.8. The molecule has 0 amide bonds. The molecule has 14 rings (SSSR count). The van der Waals surface area contributed by atoms with Crippen molar-refractivity contribution in [3.05, 3.63) is 331 Å². The van der Waals surface area contributed by atoms with Crippen LogP contribution in [0.2, 0.25) is 0 Å². The Morgan fingerprint density at radius 1 is 0.282 bits per heavy atom. The lowest BCUT2D eigenvalue weighted by Gasteiger charge is -2.28. The summed E-state index contributed by atoms with van der Waals surface area (Å²) in [7, 11) is 0. The van der Waals surface area contributed by atoms with Crippen molar-refractivity contribution in [2.75, 3.05) is 0 Å². The number of rotatable bonds is 5. The van der Waals surface area contributed by atoms with Crippen molar-refractivity contribution < 1.29 is 0 Å². The van der Waals surface area contributed by atoms with E-state index in [0.29, 0.717) is 0 Å². The smallest absolute Gasteiger partial charge is 0.0541 e. The van der Waals surface area contributed by atoms with E-state index in [2.05, 4.69) is 287 Å². The predicted molar refractivity (Wildman–Crippen MR) is 337 cm³/mol.